The summed E-state index contributed by atoms with van der Waals surface area (Å²) in [6.07, 6.45) is 6.63. The van der Waals surface area contributed by atoms with E-state index in [-0.39, 0.29) is 5.91 Å². The number of pyridine rings is 1. The summed E-state index contributed by atoms with van der Waals surface area (Å²) in [5.41, 5.74) is 1.57. The SMILES string of the molecule is CN(C(=O)c1cccnc1N1CCCCCC1)c1ccccc1. The van der Waals surface area contributed by atoms with Gasteiger partial charge in [-0.05, 0) is 37.1 Å². The third-order valence-corrected chi connectivity index (χ3v) is 4.37. The number of carbonyl (C=O) groups excluding carboxylic acids is 1. The van der Waals surface area contributed by atoms with Crippen molar-refractivity contribution in [2.45, 2.75) is 25.7 Å². The van der Waals surface area contributed by atoms with Gasteiger partial charge in [-0.1, -0.05) is 31.0 Å². The topological polar surface area (TPSA) is 36.4 Å². The quantitative estimate of drug-likeness (QED) is 0.866. The van der Waals surface area contributed by atoms with Crippen LogP contribution in [-0.2, 0) is 0 Å². The summed E-state index contributed by atoms with van der Waals surface area (Å²) < 4.78 is 0. The molecule has 1 fully saturated rings. The molecule has 1 aromatic heterocycles. The number of benzene rings is 1. The van der Waals surface area contributed by atoms with Crippen LogP contribution in [0.3, 0.4) is 0 Å². The molecular formula is C19H23N3O. The molecule has 3 rings (SSSR count). The Hall–Kier alpha value is -2.36. The Labute approximate surface area is 137 Å². The zero-order chi connectivity index (χ0) is 16.1. The first kappa shape index (κ1) is 15.5. The second kappa shape index (κ2) is 7.27. The molecule has 120 valence electrons. The number of hydrogen-bond acceptors (Lipinski definition) is 3. The molecule has 0 saturated carbocycles. The molecule has 0 spiro atoms. The monoisotopic (exact) mass is 309 g/mol. The Bertz CT molecular complexity index is 649. The number of aromatic nitrogens is 1. The van der Waals surface area contributed by atoms with Crippen LogP contribution in [0.25, 0.3) is 0 Å². The number of anilines is 2. The van der Waals surface area contributed by atoms with Gasteiger partial charge in [0.1, 0.15) is 5.82 Å². The Kier molecular flexibility index (Phi) is 4.91. The van der Waals surface area contributed by atoms with Gasteiger partial charge in [-0.25, -0.2) is 4.98 Å². The maximum absolute atomic E-state index is 13.0. The highest BCUT2D eigenvalue weighted by atomic mass is 16.2. The maximum Gasteiger partial charge on any atom is 0.261 e. The molecule has 0 radical (unpaired) electrons. The van der Waals surface area contributed by atoms with Crippen molar-refractivity contribution in [2.75, 3.05) is 29.9 Å². The number of rotatable bonds is 3. The molecule has 0 unspecified atom stereocenters. The van der Waals surface area contributed by atoms with Crippen LogP contribution in [0.2, 0.25) is 0 Å². The molecule has 2 heterocycles. The molecule has 4 nitrogen and oxygen atoms in total. The van der Waals surface area contributed by atoms with E-state index in [4.69, 9.17) is 0 Å². The minimum absolute atomic E-state index is 0.0106. The lowest BCUT2D eigenvalue weighted by Crippen LogP contribution is -2.31. The van der Waals surface area contributed by atoms with E-state index in [1.54, 1.807) is 11.1 Å². The smallest absolute Gasteiger partial charge is 0.261 e. The highest BCUT2D eigenvalue weighted by Crippen LogP contribution is 2.24. The van der Waals surface area contributed by atoms with Gasteiger partial charge in [-0.3, -0.25) is 4.79 Å². The van der Waals surface area contributed by atoms with Gasteiger partial charge in [0.05, 0.1) is 5.56 Å². The number of amides is 1. The molecule has 1 aliphatic rings. The van der Waals surface area contributed by atoms with Crippen LogP contribution in [0.5, 0.6) is 0 Å². The molecule has 0 bridgehead atoms. The van der Waals surface area contributed by atoms with Gasteiger partial charge in [0.15, 0.2) is 0 Å². The van der Waals surface area contributed by atoms with Crippen molar-refractivity contribution in [2.24, 2.45) is 0 Å². The predicted molar refractivity (Wildman–Crippen MR) is 94.1 cm³/mol. The minimum Gasteiger partial charge on any atom is -0.356 e. The van der Waals surface area contributed by atoms with E-state index in [9.17, 15) is 4.79 Å². The lowest BCUT2D eigenvalue weighted by molar-refractivity contribution is 0.0993. The number of carbonyl (C=O) groups is 1. The first-order valence-corrected chi connectivity index (χ1v) is 8.30. The molecule has 1 saturated heterocycles. The average molecular weight is 309 g/mol. The highest BCUT2D eigenvalue weighted by Gasteiger charge is 2.21. The number of nitrogens with zero attached hydrogens (tertiary/aromatic N) is 3. The van der Waals surface area contributed by atoms with Crippen molar-refractivity contribution in [3.05, 3.63) is 54.2 Å². The fraction of sp³-hybridized carbons (Fsp3) is 0.368. The normalized spacial score (nSPS) is 15.1. The van der Waals surface area contributed by atoms with Crippen molar-refractivity contribution in [1.29, 1.82) is 0 Å². The van der Waals surface area contributed by atoms with Crippen LogP contribution in [-0.4, -0.2) is 31.0 Å². The van der Waals surface area contributed by atoms with Crippen molar-refractivity contribution in [1.82, 2.24) is 4.98 Å². The molecule has 1 aliphatic heterocycles. The van der Waals surface area contributed by atoms with Crippen LogP contribution in [0, 0.1) is 0 Å². The largest absolute Gasteiger partial charge is 0.356 e. The fourth-order valence-corrected chi connectivity index (χ4v) is 3.05. The summed E-state index contributed by atoms with van der Waals surface area (Å²) in [5, 5.41) is 0. The zero-order valence-electron chi connectivity index (χ0n) is 13.6. The highest BCUT2D eigenvalue weighted by molar-refractivity contribution is 6.08. The van der Waals surface area contributed by atoms with E-state index >= 15 is 0 Å². The van der Waals surface area contributed by atoms with Gasteiger partial charge < -0.3 is 9.80 Å². The maximum atomic E-state index is 13.0. The van der Waals surface area contributed by atoms with Crippen LogP contribution in [0.4, 0.5) is 11.5 Å². The lowest BCUT2D eigenvalue weighted by Gasteiger charge is -2.25. The van der Waals surface area contributed by atoms with Crippen molar-refractivity contribution in [3.63, 3.8) is 0 Å². The van der Waals surface area contributed by atoms with E-state index in [2.05, 4.69) is 9.88 Å². The standard InChI is InChI=1S/C19H23N3O/c1-21(16-10-5-4-6-11-16)19(23)17-12-9-13-20-18(17)22-14-7-2-3-8-15-22/h4-6,9-13H,2-3,7-8,14-15H2,1H3. The van der Waals surface area contributed by atoms with Crippen molar-refractivity contribution in [3.8, 4) is 0 Å². The van der Waals surface area contributed by atoms with Crippen LogP contribution >= 0.6 is 0 Å². The summed E-state index contributed by atoms with van der Waals surface area (Å²) >= 11 is 0. The van der Waals surface area contributed by atoms with E-state index in [0.717, 1.165) is 24.6 Å². The first-order chi connectivity index (χ1) is 11.3. The molecule has 23 heavy (non-hydrogen) atoms. The summed E-state index contributed by atoms with van der Waals surface area (Å²) in [6, 6.07) is 13.5. The number of para-hydroxylation sites is 1. The van der Waals surface area contributed by atoms with Gasteiger partial charge in [-0.15, -0.1) is 0 Å². The summed E-state index contributed by atoms with van der Waals surface area (Å²) in [6.45, 7) is 1.96. The average Bonchev–Trinajstić information content (AvgIpc) is 2.90. The van der Waals surface area contributed by atoms with Crippen molar-refractivity contribution >= 4 is 17.4 Å². The molecule has 1 amide bonds. The molecule has 4 heteroatoms. The lowest BCUT2D eigenvalue weighted by atomic mass is 10.2. The Morgan fingerprint density at radius 2 is 1.70 bits per heavy atom. The first-order valence-electron chi connectivity index (χ1n) is 8.30. The molecule has 2 aromatic rings. The van der Waals surface area contributed by atoms with E-state index < -0.39 is 0 Å². The third-order valence-electron chi connectivity index (χ3n) is 4.37. The van der Waals surface area contributed by atoms with Gasteiger partial charge in [0.25, 0.3) is 5.91 Å². The van der Waals surface area contributed by atoms with Gasteiger partial charge in [0, 0.05) is 32.0 Å². The second-order valence-corrected chi connectivity index (χ2v) is 5.98. The molecular weight excluding hydrogens is 286 g/mol. The van der Waals surface area contributed by atoms with E-state index in [1.165, 1.54) is 25.7 Å². The molecule has 1 aromatic carbocycles. The van der Waals surface area contributed by atoms with Crippen molar-refractivity contribution < 1.29 is 4.79 Å². The van der Waals surface area contributed by atoms with Gasteiger partial charge in [-0.2, -0.15) is 0 Å². The van der Waals surface area contributed by atoms with Gasteiger partial charge in [0.2, 0.25) is 0 Å². The Morgan fingerprint density at radius 1 is 1.00 bits per heavy atom. The van der Waals surface area contributed by atoms with E-state index in [0.29, 0.717) is 5.56 Å². The van der Waals surface area contributed by atoms with Crippen LogP contribution in [0.1, 0.15) is 36.0 Å². The predicted octanol–water partition coefficient (Wildman–Crippen LogP) is 3.74. The van der Waals surface area contributed by atoms with Gasteiger partial charge >= 0.3 is 0 Å². The van der Waals surface area contributed by atoms with Crippen LogP contribution < -0.4 is 9.80 Å². The summed E-state index contributed by atoms with van der Waals surface area (Å²) in [7, 11) is 1.82. The summed E-state index contributed by atoms with van der Waals surface area (Å²) in [4.78, 5) is 21.4. The molecule has 0 atom stereocenters. The Balaban J connectivity index is 1.88. The third kappa shape index (κ3) is 3.52. The molecule has 0 N–H and O–H groups in total. The number of hydrogen-bond donors (Lipinski definition) is 0. The zero-order valence-corrected chi connectivity index (χ0v) is 13.6. The minimum atomic E-state index is -0.0106. The molecule has 0 aliphatic carbocycles. The second-order valence-electron chi connectivity index (χ2n) is 5.98. The van der Waals surface area contributed by atoms with E-state index in [1.807, 2.05) is 49.5 Å². The summed E-state index contributed by atoms with van der Waals surface area (Å²) in [5.74, 6) is 0.811. The van der Waals surface area contributed by atoms with Crippen LogP contribution in [0.15, 0.2) is 48.7 Å². The Morgan fingerprint density at radius 3 is 2.39 bits per heavy atom. The fourth-order valence-electron chi connectivity index (χ4n) is 3.05.